The van der Waals surface area contributed by atoms with Crippen LogP contribution in [0.1, 0.15) is 140 Å². The van der Waals surface area contributed by atoms with E-state index in [1.54, 1.807) is 117 Å². The van der Waals surface area contributed by atoms with Gasteiger partial charge in [-0.2, -0.15) is 0 Å². The van der Waals surface area contributed by atoms with E-state index in [0.29, 0.717) is 155 Å². The number of likely N-dealkylation sites (tertiary alicyclic amines) is 1. The predicted octanol–water partition coefficient (Wildman–Crippen LogP) is 12.6. The molecule has 15 N–H and O–H groups in total. The number of H-pyrrole nitrogens is 4. The smallest absolute Gasteiger partial charge is 0.274 e. The molecule has 0 bridgehead atoms. The highest BCUT2D eigenvalue weighted by Crippen LogP contribution is 2.36. The van der Waals surface area contributed by atoms with Crippen LogP contribution < -0.4 is 55.5 Å². The summed E-state index contributed by atoms with van der Waals surface area (Å²) in [6, 6.07) is 76.4. The number of rotatable bonds is 27. The number of hydrogen-bond acceptors (Lipinski definition) is 28. The molecule has 1 saturated heterocycles. The standard InChI is InChI=1S/C25H30N4O3.C21H15N3O3.C18H17N3O3.C18H16N2O3.C16H15N3O4.C15H11N3O3/c1-2-28-13-10-19(11-14-28)21(18-6-4-3-5-7-18)12-15-29-17-26-23-9-8-20(24(30)27-32)16-22(23)25(29)31;25-12-19(26)15-4-5-17-18(11-15)23-20(24-21(17)27)16-3-1-2-14(10-16)13-6-8-22-9-7-13;19-9-14-11-21(10-12-4-2-1-3-5-12)18(23)16-8-13(17(22)20-24)6-7-15(14)16;21-11-16(22)13-7-8-14-15(10-13)19-17(20-18(14)23)9-6-12-4-2-1-3-5-12;1-9-2-4-11(23-9)5-7-14-17-13-8-10(15(20)19-22)3-6-12(13)16(21)18-14;19-8-13(20)9-3-4-11-12(6-9)17-14(18-15(11)21)10-2-1-5-16-7-10/h3-9,16-17,19,21,32H,2,10-15H2,1H3,(H,27,30);1-11,25H,12H2,(H,23,24,27);1-8,11,24H,9-10,19H2,(H,20,22);1-5,7-8,10,21H,6,9,11H2,(H,19,20,23);2-4,6,8,22H,5,7H2,1H3,(H,19,20)(H,17,18,21);1-7,19H,8H2,(H,17,18,21). The molecule has 0 aliphatic carbocycles. The number of Topliss-reactive ketones (excluding diaryl/α,β-unsaturated/α-hetero) is 3. The van der Waals surface area contributed by atoms with Gasteiger partial charge in [0.2, 0.25) is 0 Å². The minimum absolute atomic E-state index is 0.171. The van der Waals surface area contributed by atoms with E-state index in [4.69, 9.17) is 41.1 Å². The van der Waals surface area contributed by atoms with Gasteiger partial charge in [-0.3, -0.25) is 87.7 Å². The molecule has 1 unspecified atom stereocenters. The molecule has 150 heavy (non-hydrogen) atoms. The molecule has 37 heteroatoms. The van der Waals surface area contributed by atoms with Gasteiger partial charge in [-0.15, -0.1) is 0 Å². The molecule has 0 radical (unpaired) electrons. The molecule has 10 aromatic carbocycles. The molecule has 760 valence electrons. The summed E-state index contributed by atoms with van der Waals surface area (Å²) in [5.41, 5.74) is 20.7. The molecule has 20 rings (SSSR count). The number of aliphatic hydroxyl groups excluding tert-OH is 3. The first-order chi connectivity index (χ1) is 72.8. The van der Waals surface area contributed by atoms with Crippen molar-refractivity contribution in [1.29, 1.82) is 0 Å². The summed E-state index contributed by atoms with van der Waals surface area (Å²) in [5.74, 6) is 1.33. The maximum Gasteiger partial charge on any atom is 0.274 e. The summed E-state index contributed by atoms with van der Waals surface area (Å²) in [6.07, 6.45) is 15.7. The monoisotopic (exact) mass is 2020 g/mol. The van der Waals surface area contributed by atoms with E-state index in [1.165, 1.54) is 77.9 Å². The van der Waals surface area contributed by atoms with Gasteiger partial charge in [0.05, 0.1) is 67.4 Å². The van der Waals surface area contributed by atoms with Crippen LogP contribution in [0.5, 0.6) is 0 Å². The molecule has 0 saturated carbocycles. The number of benzene rings is 10. The Morgan fingerprint density at radius 3 is 1.41 bits per heavy atom. The number of nitrogens with one attached hydrogen (secondary N) is 7. The number of piperidine rings is 1. The maximum atomic E-state index is 13.1. The van der Waals surface area contributed by atoms with Crippen molar-refractivity contribution in [3.63, 3.8) is 0 Å². The number of nitrogens with zero attached hydrogens (tertiary/aromatic N) is 10. The first-order valence-electron chi connectivity index (χ1n) is 47.9. The second kappa shape index (κ2) is 50.5. The largest absolute Gasteiger partial charge is 0.466 e. The van der Waals surface area contributed by atoms with Crippen molar-refractivity contribution in [3.8, 4) is 33.9 Å². The number of nitrogens with two attached hydrogens (primary N) is 1. The van der Waals surface area contributed by atoms with E-state index in [9.17, 15) is 57.5 Å². The molecule has 37 nitrogen and oxygen atoms in total. The van der Waals surface area contributed by atoms with Crippen LogP contribution in [0.2, 0.25) is 0 Å². The van der Waals surface area contributed by atoms with Crippen molar-refractivity contribution in [1.82, 2.24) is 85.3 Å². The molecule has 1 aliphatic rings. The van der Waals surface area contributed by atoms with Gasteiger partial charge in [-0.25, -0.2) is 41.4 Å². The summed E-state index contributed by atoms with van der Waals surface area (Å²) >= 11 is 0. The molecule has 10 heterocycles. The molecule has 1 atom stereocenters. The number of aromatic amines is 4. The fraction of sp³-hybridized carbons (Fsp3) is 0.177. The lowest BCUT2D eigenvalue weighted by Crippen LogP contribution is -2.35. The van der Waals surface area contributed by atoms with E-state index < -0.39 is 49.1 Å². The number of pyridine rings is 3. The number of aryl methyl sites for hydroxylation is 6. The number of hydroxylamine groups is 3. The second-order valence-electron chi connectivity index (χ2n) is 35.0. The van der Waals surface area contributed by atoms with Gasteiger partial charge < -0.3 is 54.9 Å². The Kier molecular flexibility index (Phi) is 35.7. The van der Waals surface area contributed by atoms with Gasteiger partial charge in [-0.1, -0.05) is 140 Å². The highest BCUT2D eigenvalue weighted by Gasteiger charge is 2.29. The normalized spacial score (nSPS) is 12.0. The van der Waals surface area contributed by atoms with Crippen LogP contribution in [-0.2, 0) is 45.3 Å². The van der Waals surface area contributed by atoms with Crippen molar-refractivity contribution >= 4 is 100 Å². The number of amides is 3. The molecular formula is C113H104N18O19. The van der Waals surface area contributed by atoms with Crippen molar-refractivity contribution in [2.24, 2.45) is 11.7 Å². The Hall–Kier alpha value is -18.2. The molecule has 19 aromatic rings. The highest BCUT2D eigenvalue weighted by molar-refractivity contribution is 6.03. The Morgan fingerprint density at radius 2 is 0.893 bits per heavy atom. The molecule has 1 fully saturated rings. The third-order valence-electron chi connectivity index (χ3n) is 25.4. The number of furan rings is 1. The molecule has 9 aromatic heterocycles. The summed E-state index contributed by atoms with van der Waals surface area (Å²) in [7, 11) is 0. The molecule has 1 aliphatic heterocycles. The number of carbonyl (C=O) groups is 6. The van der Waals surface area contributed by atoms with Crippen LogP contribution in [0, 0.1) is 12.8 Å². The van der Waals surface area contributed by atoms with Crippen molar-refractivity contribution in [3.05, 3.63) is 439 Å². The average Bonchev–Trinajstić information content (AvgIpc) is 0.919. The lowest BCUT2D eigenvalue weighted by Gasteiger charge is -2.36. The Labute approximate surface area is 853 Å². The van der Waals surface area contributed by atoms with Crippen molar-refractivity contribution in [2.75, 3.05) is 39.5 Å². The number of aromatic nitrogens is 13. The van der Waals surface area contributed by atoms with E-state index in [0.717, 1.165) is 84.7 Å². The Bertz CT molecular complexity index is 8510. The van der Waals surface area contributed by atoms with Crippen LogP contribution in [-0.4, -0.2) is 174 Å². The van der Waals surface area contributed by atoms with Crippen LogP contribution in [0.15, 0.2) is 331 Å². The van der Waals surface area contributed by atoms with Crippen LogP contribution in [0.25, 0.3) is 99.2 Å². The fourth-order valence-corrected chi connectivity index (χ4v) is 17.4. The van der Waals surface area contributed by atoms with Crippen molar-refractivity contribution < 1.29 is 64.1 Å². The summed E-state index contributed by atoms with van der Waals surface area (Å²) in [5, 5.41) is 56.3. The SMILES string of the molecule is CCN1CCC(C(CCn2cnc3ccc(C(=O)NO)cc3c2=O)c2ccccc2)CC1.Cc1ccc(CCc2nc3cc(C(=O)NO)ccc3c(=O)[nH]2)o1.NCc1cn(Cc2ccccc2)c(=O)c2cc(C(=O)NO)ccc12.O=C(CO)c1ccc2c(=O)[nH]c(-c3cccc(-c4ccncc4)c3)nc2c1.O=C(CO)c1ccc2c(=O)[nH]c(-c3cccnc3)nc2c1.O=C(CO)c1ccc2c(=O)[nH]c(CCc3ccccc3)nc2c1. The quantitative estimate of drug-likeness (QED) is 0.0129. The average molecular weight is 2020 g/mol. The van der Waals surface area contributed by atoms with Gasteiger partial charge in [0.1, 0.15) is 54.6 Å². The fourth-order valence-electron chi connectivity index (χ4n) is 17.4. The summed E-state index contributed by atoms with van der Waals surface area (Å²) in [4.78, 5) is 188. The summed E-state index contributed by atoms with van der Waals surface area (Å²) in [6.45, 7) is 6.95. The number of hydrogen-bond donors (Lipinski definition) is 14. The van der Waals surface area contributed by atoms with E-state index >= 15 is 0 Å². The second-order valence-corrected chi connectivity index (χ2v) is 35.0. The number of fused-ring (bicyclic) bond motifs is 6. The van der Waals surface area contributed by atoms with E-state index in [1.807, 2.05) is 122 Å². The van der Waals surface area contributed by atoms with Crippen LogP contribution >= 0.6 is 0 Å². The van der Waals surface area contributed by atoms with Gasteiger partial charge in [0.25, 0.3) is 51.1 Å². The number of carbonyl (C=O) groups excluding carboxylic acids is 6. The minimum Gasteiger partial charge on any atom is -0.466 e. The zero-order valence-corrected chi connectivity index (χ0v) is 81.3. The maximum absolute atomic E-state index is 13.1. The third-order valence-corrected chi connectivity index (χ3v) is 25.4. The predicted molar refractivity (Wildman–Crippen MR) is 564 cm³/mol. The Balaban J connectivity index is 0.000000135. The minimum atomic E-state index is -0.663. The molecule has 0 spiro atoms. The Morgan fingerprint density at radius 1 is 0.427 bits per heavy atom. The highest BCUT2D eigenvalue weighted by atomic mass is 16.5. The van der Waals surface area contributed by atoms with Gasteiger partial charge in [-0.05, 0) is 230 Å². The van der Waals surface area contributed by atoms with Crippen molar-refractivity contribution in [2.45, 2.75) is 84.3 Å². The van der Waals surface area contributed by atoms with Crippen LogP contribution in [0.4, 0.5) is 0 Å². The topological polar surface area (TPSA) is 568 Å². The number of aliphatic hydroxyl groups is 3. The van der Waals surface area contributed by atoms with Gasteiger partial charge >= 0.3 is 0 Å². The number of ketones is 3. The third kappa shape index (κ3) is 26.5. The summed E-state index contributed by atoms with van der Waals surface area (Å²) < 4.78 is 8.71. The lowest BCUT2D eigenvalue weighted by atomic mass is 9.78. The first kappa shape index (κ1) is 106. The first-order valence-corrected chi connectivity index (χ1v) is 47.9. The van der Waals surface area contributed by atoms with E-state index in [-0.39, 0.29) is 62.4 Å². The van der Waals surface area contributed by atoms with E-state index in [2.05, 4.69) is 90.9 Å². The van der Waals surface area contributed by atoms with Crippen LogP contribution in [0.3, 0.4) is 0 Å². The zero-order valence-electron chi connectivity index (χ0n) is 81.3. The van der Waals surface area contributed by atoms with Gasteiger partial charge in [0.15, 0.2) is 17.3 Å². The zero-order chi connectivity index (χ0) is 106. The molecular weight excluding hydrogens is 1910 g/mol. The molecule has 3 amide bonds. The van der Waals surface area contributed by atoms with Gasteiger partial charge in [0, 0.05) is 113 Å². The lowest BCUT2D eigenvalue weighted by molar-refractivity contribution is 0.0702.